The number of benzene rings is 2. The number of amides is 1. The number of likely N-dealkylation sites (tertiary alicyclic amines) is 1. The van der Waals surface area contributed by atoms with Crippen LogP contribution in [0.25, 0.3) is 32.1 Å². The molecule has 1 aliphatic rings. The minimum Gasteiger partial charge on any atom is -0.471 e. The minimum absolute atomic E-state index is 0.0367. The van der Waals surface area contributed by atoms with Crippen molar-refractivity contribution in [1.29, 1.82) is 0 Å². The second-order valence-electron chi connectivity index (χ2n) is 14.4. The molecular weight excluding hydrogens is 667 g/mol. The zero-order valence-corrected chi connectivity index (χ0v) is 29.1. The molecule has 1 saturated heterocycles. The van der Waals surface area contributed by atoms with Crippen molar-refractivity contribution < 1.29 is 41.3 Å². The maximum Gasteiger partial charge on any atom is 0.417 e. The number of thiophene rings is 1. The third-order valence-electron chi connectivity index (χ3n) is 8.44. The van der Waals surface area contributed by atoms with Gasteiger partial charge in [-0.05, 0) is 63.6 Å². The van der Waals surface area contributed by atoms with Crippen LogP contribution >= 0.6 is 11.3 Å². The van der Waals surface area contributed by atoms with E-state index in [0.29, 0.717) is 29.6 Å². The largest absolute Gasteiger partial charge is 0.471 e. The second-order valence-corrected chi connectivity index (χ2v) is 15.5. The third-order valence-corrected chi connectivity index (χ3v) is 9.46. The number of nitrogens with zero attached hydrogens (tertiary/aromatic N) is 3. The lowest BCUT2D eigenvalue weighted by Gasteiger charge is -2.40. The van der Waals surface area contributed by atoms with Gasteiger partial charge >= 0.3 is 12.3 Å². The van der Waals surface area contributed by atoms with Gasteiger partial charge in [-0.2, -0.15) is 18.2 Å². The molecule has 8 nitrogen and oxygen atoms in total. The van der Waals surface area contributed by atoms with Crippen LogP contribution in [0.4, 0.5) is 31.7 Å². The first-order chi connectivity index (χ1) is 22.7. The molecule has 0 saturated carbocycles. The number of rotatable bonds is 8. The van der Waals surface area contributed by atoms with E-state index >= 15 is 4.39 Å². The van der Waals surface area contributed by atoms with Crippen molar-refractivity contribution in [2.24, 2.45) is 5.41 Å². The second kappa shape index (κ2) is 13.1. The molecule has 0 bridgehead atoms. The molecule has 2 aromatic carbocycles. The summed E-state index contributed by atoms with van der Waals surface area (Å²) in [6.45, 7) is 12.1. The first kappa shape index (κ1) is 36.4. The molecule has 0 spiro atoms. The van der Waals surface area contributed by atoms with Gasteiger partial charge in [0.2, 0.25) is 5.88 Å². The number of ether oxygens (including phenoxy) is 2. The number of hydrogen-bond acceptors (Lipinski definition) is 7. The summed E-state index contributed by atoms with van der Waals surface area (Å²) < 4.78 is 87.7. The van der Waals surface area contributed by atoms with Crippen molar-refractivity contribution >= 4 is 43.4 Å². The zero-order valence-electron chi connectivity index (χ0n) is 28.3. The van der Waals surface area contributed by atoms with Gasteiger partial charge in [-0.25, -0.2) is 18.6 Å². The summed E-state index contributed by atoms with van der Waals surface area (Å²) in [5.41, 5.74) is -4.29. The molecule has 264 valence electrons. The number of fused-ring (bicyclic) bond motifs is 2. The first-order valence-corrected chi connectivity index (χ1v) is 16.4. The quantitative estimate of drug-likeness (QED) is 0.176. The highest BCUT2D eigenvalue weighted by Crippen LogP contribution is 2.47. The van der Waals surface area contributed by atoms with Gasteiger partial charge in [0.25, 0.3) is 0 Å². The minimum atomic E-state index is -4.99. The van der Waals surface area contributed by atoms with Crippen molar-refractivity contribution in [3.8, 4) is 17.0 Å². The average Bonchev–Trinajstić information content (AvgIpc) is 3.38. The highest BCUT2D eigenvalue weighted by Gasteiger charge is 2.39. The Bertz CT molecular complexity index is 1940. The van der Waals surface area contributed by atoms with Gasteiger partial charge in [-0.15, -0.1) is 11.3 Å². The maximum atomic E-state index is 16.9. The van der Waals surface area contributed by atoms with Crippen LogP contribution in [0.1, 0.15) is 59.4 Å². The van der Waals surface area contributed by atoms with E-state index in [0.717, 1.165) is 23.9 Å². The van der Waals surface area contributed by atoms with E-state index in [2.05, 4.69) is 20.2 Å². The lowest BCUT2D eigenvalue weighted by molar-refractivity contribution is -0.137. The molecule has 0 unspecified atom stereocenters. The summed E-state index contributed by atoms with van der Waals surface area (Å²) in [5.74, 6) is -1.37. The standard InChI is InChI=1S/C35H39F5N4O4S/c1-32(2,3)48-29-22-13-23(35(38,39)40)26(20-9-8-10-24-21(20)14-25(49-24)41-31(45)46)27(37)28(22)42-30(43-29)33(4,5)17-47-18-34(6)16-44(7)12-11-19(34)15-36/h8-10,13-15,41H,11-12,16-18H2,1-7H3,(H,45,46)/b19-15+/t34-/m0/s1. The Hall–Kier alpha value is -3.88. The Balaban J connectivity index is 1.66. The summed E-state index contributed by atoms with van der Waals surface area (Å²) in [6, 6.07) is 6.63. The van der Waals surface area contributed by atoms with Crippen LogP contribution in [0, 0.1) is 11.2 Å². The van der Waals surface area contributed by atoms with E-state index in [4.69, 9.17) is 9.47 Å². The third kappa shape index (κ3) is 7.65. The molecule has 4 aromatic rings. The summed E-state index contributed by atoms with van der Waals surface area (Å²) in [5, 5.41) is 11.5. The number of hydrogen-bond donors (Lipinski definition) is 2. The lowest BCUT2D eigenvalue weighted by atomic mass is 9.78. The van der Waals surface area contributed by atoms with Gasteiger partial charge in [-0.3, -0.25) is 5.32 Å². The van der Waals surface area contributed by atoms with Crippen LogP contribution in [0.15, 0.2) is 42.2 Å². The Morgan fingerprint density at radius 1 is 1.14 bits per heavy atom. The van der Waals surface area contributed by atoms with Crippen LogP contribution in [0.5, 0.6) is 5.88 Å². The van der Waals surface area contributed by atoms with Gasteiger partial charge in [0.05, 0.1) is 35.5 Å². The molecule has 1 amide bonds. The number of carboxylic acid groups (broad SMARTS) is 1. The van der Waals surface area contributed by atoms with Crippen molar-refractivity contribution in [2.45, 2.75) is 65.2 Å². The normalized spacial score (nSPS) is 18.8. The van der Waals surface area contributed by atoms with Gasteiger partial charge in [0.15, 0.2) is 5.82 Å². The van der Waals surface area contributed by atoms with E-state index in [9.17, 15) is 27.5 Å². The van der Waals surface area contributed by atoms with Crippen LogP contribution in [0.2, 0.25) is 0 Å². The van der Waals surface area contributed by atoms with Gasteiger partial charge in [-0.1, -0.05) is 32.9 Å². The van der Waals surface area contributed by atoms with Crippen molar-refractivity contribution in [2.75, 3.05) is 38.7 Å². The van der Waals surface area contributed by atoms with E-state index in [1.165, 1.54) is 18.2 Å². The molecule has 1 fully saturated rings. The number of piperidine rings is 1. The molecule has 2 aromatic heterocycles. The number of halogens is 5. The predicted molar refractivity (Wildman–Crippen MR) is 181 cm³/mol. The predicted octanol–water partition coefficient (Wildman–Crippen LogP) is 9.43. The van der Waals surface area contributed by atoms with E-state index in [1.54, 1.807) is 40.7 Å². The number of anilines is 1. The average molecular weight is 707 g/mol. The molecule has 5 rings (SSSR count). The number of alkyl halides is 3. The Kier molecular flexibility index (Phi) is 9.74. The fraction of sp³-hybridized carbons (Fsp3) is 0.457. The number of nitrogens with one attached hydrogen (secondary N) is 1. The molecular formula is C35H39F5N4O4S. The topological polar surface area (TPSA) is 96.8 Å². The van der Waals surface area contributed by atoms with Crippen molar-refractivity contribution in [1.82, 2.24) is 14.9 Å². The lowest BCUT2D eigenvalue weighted by Crippen LogP contribution is -2.44. The summed E-state index contributed by atoms with van der Waals surface area (Å²) in [7, 11) is 1.95. The van der Waals surface area contributed by atoms with Crippen LogP contribution in [-0.2, 0) is 16.3 Å². The van der Waals surface area contributed by atoms with Gasteiger partial charge in [0, 0.05) is 39.6 Å². The van der Waals surface area contributed by atoms with Crippen LogP contribution in [-0.4, -0.2) is 65.0 Å². The molecule has 1 aliphatic heterocycles. The first-order valence-electron chi connectivity index (χ1n) is 15.6. The smallest absolute Gasteiger partial charge is 0.417 e. The Morgan fingerprint density at radius 3 is 2.49 bits per heavy atom. The molecule has 2 N–H and O–H groups in total. The fourth-order valence-electron chi connectivity index (χ4n) is 6.11. The maximum absolute atomic E-state index is 16.9. The molecule has 49 heavy (non-hydrogen) atoms. The van der Waals surface area contributed by atoms with E-state index < -0.39 is 45.6 Å². The SMILES string of the molecule is CN1CC/C(=C\F)[C@](C)(COCC(C)(C)c2nc(OC(C)(C)C)c3cc(C(F)(F)F)c(-c4cccc5sc(NC(=O)O)cc45)c(F)c3n2)C1. The zero-order chi connectivity index (χ0) is 36.1. The van der Waals surface area contributed by atoms with Crippen LogP contribution < -0.4 is 10.1 Å². The molecule has 14 heteroatoms. The highest BCUT2D eigenvalue weighted by atomic mass is 32.1. The summed E-state index contributed by atoms with van der Waals surface area (Å²) >= 11 is 1.01. The molecule has 1 atom stereocenters. The Labute approximate surface area is 284 Å². The van der Waals surface area contributed by atoms with Gasteiger partial charge < -0.3 is 19.5 Å². The summed E-state index contributed by atoms with van der Waals surface area (Å²) in [4.78, 5) is 22.4. The summed E-state index contributed by atoms with van der Waals surface area (Å²) in [6.07, 6.45) is -5.14. The fourth-order valence-corrected chi connectivity index (χ4v) is 7.09. The van der Waals surface area contributed by atoms with E-state index in [1.807, 2.05) is 14.0 Å². The van der Waals surface area contributed by atoms with Crippen molar-refractivity contribution in [3.05, 3.63) is 59.4 Å². The monoisotopic (exact) mass is 706 g/mol. The molecule has 3 heterocycles. The van der Waals surface area contributed by atoms with Crippen LogP contribution in [0.3, 0.4) is 0 Å². The highest BCUT2D eigenvalue weighted by molar-refractivity contribution is 7.23. The number of carbonyl (C=O) groups is 1. The van der Waals surface area contributed by atoms with Crippen molar-refractivity contribution in [3.63, 3.8) is 0 Å². The number of aromatic nitrogens is 2. The van der Waals surface area contributed by atoms with E-state index in [-0.39, 0.29) is 51.8 Å². The van der Waals surface area contributed by atoms with Gasteiger partial charge in [0.1, 0.15) is 16.9 Å². The molecule has 0 aliphatic carbocycles. The molecule has 0 radical (unpaired) electrons. The Morgan fingerprint density at radius 2 is 1.86 bits per heavy atom.